The van der Waals surface area contributed by atoms with Crippen LogP contribution in [0.2, 0.25) is 0 Å². The Kier molecular flexibility index (Phi) is 9.99. The molecule has 4 nitrogen and oxygen atoms in total. The lowest BCUT2D eigenvalue weighted by Gasteiger charge is -1.94. The molecule has 0 spiro atoms. The molecule has 0 amide bonds. The van der Waals surface area contributed by atoms with Crippen molar-refractivity contribution in [2.75, 3.05) is 0 Å². The van der Waals surface area contributed by atoms with Crippen LogP contribution in [0.1, 0.15) is 7.85 Å². The van der Waals surface area contributed by atoms with Gasteiger partial charge >= 0.3 is 8.68 Å². The maximum atomic E-state index is 9.75. The molecular weight excluding hydrogens is 231 g/mol. The lowest BCUT2D eigenvalue weighted by atomic mass is 10.2. The maximum absolute atomic E-state index is 9.75. The van der Waals surface area contributed by atoms with Gasteiger partial charge in [0, 0.05) is 6.08 Å². The van der Waals surface area contributed by atoms with Crippen LogP contribution < -0.4 is 0 Å². The molecule has 0 heterocycles. The molecule has 1 rings (SSSR count). The molecule has 1 N–H and O–H groups in total. The Balaban J connectivity index is -0.000000191. The van der Waals surface area contributed by atoms with Crippen LogP contribution >= 0.6 is 0 Å². The first kappa shape index (κ1) is 16.5. The maximum Gasteiger partial charge on any atom is 1.00 e. The van der Waals surface area contributed by atoms with Gasteiger partial charge in [0.15, 0.2) is 0 Å². The van der Waals surface area contributed by atoms with Gasteiger partial charge in [0.2, 0.25) is 0 Å². The van der Waals surface area contributed by atoms with Crippen molar-refractivity contribution in [3.8, 4) is 0 Å². The lowest BCUT2D eigenvalue weighted by Crippen LogP contribution is -2.02. The second-order valence-electron chi connectivity index (χ2n) is 2.18. The fraction of sp³-hybridized carbons (Fsp3) is 0.143. The number of halogens is 4. The lowest BCUT2D eigenvalue weighted by molar-refractivity contribution is -0.122. The van der Waals surface area contributed by atoms with E-state index in [2.05, 4.69) is 4.79 Å². The normalized spacial score (nSPS) is 12.6. The van der Waals surface area contributed by atoms with Crippen molar-refractivity contribution in [1.29, 1.82) is 0 Å². The average molecular weight is 240 g/mol. The van der Waals surface area contributed by atoms with E-state index in [1.165, 1.54) is 0 Å². The third-order valence-electron chi connectivity index (χ3n) is 0.991. The third-order valence-corrected chi connectivity index (χ3v) is 0.991. The first-order valence-corrected chi connectivity index (χ1v) is 3.84. The number of allylic oxidation sites excluding steroid dienone is 4. The Labute approximate surface area is 90.1 Å². The number of hydrogen-bond donors (Lipinski definition) is 1. The summed E-state index contributed by atoms with van der Waals surface area (Å²) in [5.41, 5.74) is 8.91. The molecule has 0 saturated heterocycles. The summed E-state index contributed by atoms with van der Waals surface area (Å²) in [6, 6.07) is 0. The van der Waals surface area contributed by atoms with Gasteiger partial charge in [0.1, 0.15) is 0 Å². The quantitative estimate of drug-likeness (QED) is 0.232. The summed E-state index contributed by atoms with van der Waals surface area (Å²) in [5, 5.41) is 6.89. The minimum Gasteiger partial charge on any atom is -0.483 e. The third kappa shape index (κ3) is 22.7. The molecule has 0 aromatic rings. The van der Waals surface area contributed by atoms with Crippen LogP contribution in [-0.2, 0) is 4.79 Å². The van der Waals surface area contributed by atoms with Gasteiger partial charge in [-0.05, 0) is 0 Å². The van der Waals surface area contributed by atoms with Gasteiger partial charge in [0.05, 0.1) is 6.42 Å². The van der Waals surface area contributed by atoms with E-state index in [1.807, 2.05) is 18.2 Å². The highest BCUT2D eigenvalue weighted by Crippen LogP contribution is 2.06. The molecule has 90 valence electrons. The molecule has 1 aliphatic carbocycles. The van der Waals surface area contributed by atoms with E-state index in [1.54, 1.807) is 6.08 Å². The summed E-state index contributed by atoms with van der Waals surface area (Å²) in [4.78, 5) is 11.4. The van der Waals surface area contributed by atoms with Gasteiger partial charge in [0.25, 0.3) is 12.2 Å². The van der Waals surface area contributed by atoms with E-state index in [0.29, 0.717) is 5.71 Å². The van der Waals surface area contributed by atoms with E-state index in [-0.39, 0.29) is 7.90 Å². The summed E-state index contributed by atoms with van der Waals surface area (Å²) in [6.07, 6.45) is 8.23. The molecule has 0 aromatic carbocycles. The fourth-order valence-corrected chi connectivity index (χ4v) is 0.576. The van der Waals surface area contributed by atoms with Crippen molar-refractivity contribution >= 4 is 19.4 Å². The van der Waals surface area contributed by atoms with Gasteiger partial charge in [-0.1, -0.05) is 18.2 Å². The molecule has 16 heavy (non-hydrogen) atoms. The van der Waals surface area contributed by atoms with Crippen molar-refractivity contribution in [2.24, 2.45) is 0 Å². The summed E-state index contributed by atoms with van der Waals surface area (Å²) in [6.45, 7) is -0.250. The van der Waals surface area contributed by atoms with Gasteiger partial charge in [-0.2, -0.15) is 4.79 Å². The highest BCUT2D eigenvalue weighted by molar-refractivity contribution is 6.50. The number of carboxylic acid groups (broad SMARTS) is 1. The molecule has 0 atom stereocenters. The molecular formula is C7H9BF4N2O2. The predicted octanol–water partition coefficient (Wildman–Crippen LogP) is 2.29. The molecule has 0 radical (unpaired) electrons. The second-order valence-corrected chi connectivity index (χ2v) is 2.18. The Morgan fingerprint density at radius 3 is 2.06 bits per heavy atom. The zero-order valence-electron chi connectivity index (χ0n) is 8.93. The van der Waals surface area contributed by atoms with Crippen molar-refractivity contribution in [3.05, 3.63) is 29.8 Å². The Hall–Kier alpha value is -1.89. The fourth-order valence-electron chi connectivity index (χ4n) is 0.576. The van der Waals surface area contributed by atoms with Crippen LogP contribution in [-0.4, -0.2) is 29.3 Å². The zero-order valence-corrected chi connectivity index (χ0v) is 7.93. The molecule has 0 saturated carbocycles. The van der Waals surface area contributed by atoms with E-state index >= 15 is 0 Å². The van der Waals surface area contributed by atoms with Gasteiger partial charge in [-0.15, -0.1) is 0 Å². The average Bonchev–Trinajstić information content (AvgIpc) is 2.18. The summed E-state index contributed by atoms with van der Waals surface area (Å²) in [5.74, 6) is 0. The Morgan fingerprint density at radius 2 is 1.88 bits per heavy atom. The summed E-state index contributed by atoms with van der Waals surface area (Å²) in [7, 11) is -6.00. The largest absolute Gasteiger partial charge is 1.00 e. The van der Waals surface area contributed by atoms with Crippen molar-refractivity contribution < 1.29 is 33.4 Å². The second kappa shape index (κ2) is 9.66. The van der Waals surface area contributed by atoms with Crippen molar-refractivity contribution in [3.63, 3.8) is 0 Å². The van der Waals surface area contributed by atoms with Crippen LogP contribution in [0.3, 0.4) is 0 Å². The highest BCUT2D eigenvalue weighted by Gasteiger charge is 2.20. The minimum atomic E-state index is -6.00. The molecule has 0 unspecified atom stereocenters. The topological polar surface area (TPSA) is 73.7 Å². The number of rotatable bonds is 0. The molecule has 1 aliphatic rings. The van der Waals surface area contributed by atoms with E-state index in [9.17, 15) is 17.3 Å². The van der Waals surface area contributed by atoms with Crippen LogP contribution in [0.25, 0.3) is 5.53 Å². The van der Waals surface area contributed by atoms with Gasteiger partial charge < -0.3 is 27.9 Å². The number of hydrogen-bond acceptors (Lipinski definition) is 1. The smallest absolute Gasteiger partial charge is 0.483 e. The van der Waals surface area contributed by atoms with E-state index < -0.39 is 7.25 Å². The SMILES string of the molecule is F[B-](F)(F)F.O=CO.[H+].[N-]=[N+]=C1C=CC=CC1. The van der Waals surface area contributed by atoms with Crippen LogP contribution in [0, 0.1) is 0 Å². The van der Waals surface area contributed by atoms with Crippen LogP contribution in [0.15, 0.2) is 24.3 Å². The summed E-state index contributed by atoms with van der Waals surface area (Å²) >= 11 is 0. The molecule has 0 bridgehead atoms. The molecule has 0 aliphatic heterocycles. The highest BCUT2D eigenvalue weighted by atomic mass is 19.5. The first-order valence-electron chi connectivity index (χ1n) is 3.84. The summed E-state index contributed by atoms with van der Waals surface area (Å²) < 4.78 is 39.0. The van der Waals surface area contributed by atoms with Crippen molar-refractivity contribution in [1.82, 2.24) is 0 Å². The Bertz CT molecular complexity index is 307. The zero-order chi connectivity index (χ0) is 13.0. The van der Waals surface area contributed by atoms with Crippen LogP contribution in [0.4, 0.5) is 17.3 Å². The predicted molar refractivity (Wildman–Crippen MR) is 51.5 cm³/mol. The van der Waals surface area contributed by atoms with Gasteiger partial charge in [-0.25, -0.2) is 0 Å². The van der Waals surface area contributed by atoms with Crippen LogP contribution in [0.5, 0.6) is 0 Å². The van der Waals surface area contributed by atoms with Gasteiger partial charge in [-0.3, -0.25) is 4.79 Å². The molecule has 0 fully saturated rings. The van der Waals surface area contributed by atoms with Crippen molar-refractivity contribution in [2.45, 2.75) is 6.42 Å². The van der Waals surface area contributed by atoms with E-state index in [4.69, 9.17) is 15.4 Å². The number of carbonyl (C=O) groups is 1. The monoisotopic (exact) mass is 240 g/mol. The molecule has 0 aromatic heterocycles. The number of nitrogens with zero attached hydrogens (tertiary/aromatic N) is 2. The minimum absolute atomic E-state index is 0. The first-order chi connectivity index (χ1) is 7.35. The van der Waals surface area contributed by atoms with E-state index in [0.717, 1.165) is 6.42 Å². The standard InChI is InChI=1S/C6H6N2.CH2O2.BF4/c7-8-6-4-2-1-3-5-6;2-1-3;2-1(3,4)5/h1-4H,5H2;1H,(H,2,3);/q;;-1/p+1. The molecule has 9 heteroatoms. The Morgan fingerprint density at radius 1 is 1.44 bits per heavy atom.